The molecule has 0 aromatic carbocycles. The third-order valence-electron chi connectivity index (χ3n) is 4.99. The summed E-state index contributed by atoms with van der Waals surface area (Å²) < 4.78 is 11.4. The molecule has 2 aliphatic rings. The zero-order valence-electron chi connectivity index (χ0n) is 13.9. The largest absolute Gasteiger partial charge is 0.375 e. The van der Waals surface area contributed by atoms with Crippen LogP contribution in [0.4, 0.5) is 11.6 Å². The lowest BCUT2D eigenvalue weighted by atomic mass is 10.1. The van der Waals surface area contributed by atoms with E-state index < -0.39 is 0 Å². The molecule has 6 heteroatoms. The average molecular weight is 306 g/mol. The molecule has 6 nitrogen and oxygen atoms in total. The Hall–Kier alpha value is -1.40. The van der Waals surface area contributed by atoms with Crippen LogP contribution in [0.3, 0.4) is 0 Å². The number of hydrogen-bond donors (Lipinski definition) is 0. The third-order valence-corrected chi connectivity index (χ3v) is 4.99. The summed E-state index contributed by atoms with van der Waals surface area (Å²) in [5.74, 6) is 1.97. The van der Waals surface area contributed by atoms with Gasteiger partial charge < -0.3 is 19.3 Å². The molecule has 0 aliphatic carbocycles. The average Bonchev–Trinajstić information content (AvgIpc) is 2.53. The molecule has 2 saturated heterocycles. The highest BCUT2D eigenvalue weighted by Gasteiger charge is 2.29. The lowest BCUT2D eigenvalue weighted by molar-refractivity contribution is 0.0276. The number of anilines is 2. The van der Waals surface area contributed by atoms with Crippen LogP contribution >= 0.6 is 0 Å². The molecule has 2 aliphatic heterocycles. The quantitative estimate of drug-likeness (QED) is 0.829. The molecule has 0 radical (unpaired) electrons. The van der Waals surface area contributed by atoms with Crippen LogP contribution in [-0.2, 0) is 9.47 Å². The summed E-state index contributed by atoms with van der Waals surface area (Å²) in [5, 5.41) is 0. The second kappa shape index (κ2) is 6.38. The van der Waals surface area contributed by atoms with E-state index in [0.717, 1.165) is 37.9 Å². The van der Waals surface area contributed by atoms with E-state index in [-0.39, 0.29) is 12.2 Å². The highest BCUT2D eigenvalue weighted by molar-refractivity contribution is 5.52. The minimum atomic E-state index is 0.217. The van der Waals surface area contributed by atoms with Gasteiger partial charge in [-0.15, -0.1) is 0 Å². The second-order valence-electron chi connectivity index (χ2n) is 6.25. The van der Waals surface area contributed by atoms with Crippen molar-refractivity contribution in [2.75, 3.05) is 36.1 Å². The molecule has 0 bridgehead atoms. The molecule has 0 unspecified atom stereocenters. The standard InChI is InChI=1S/C16H26N4O2/c1-11-13(3)21-7-5-19(11)15-9-16(18-10-17-15)20-6-8-22-14(4)12(20)2/h9-14H,5-8H2,1-4H3/t11-,12+,13-,14-/m0/s1. The van der Waals surface area contributed by atoms with Crippen molar-refractivity contribution in [1.29, 1.82) is 0 Å². The topological polar surface area (TPSA) is 50.7 Å². The molecule has 0 saturated carbocycles. The lowest BCUT2D eigenvalue weighted by Crippen LogP contribution is -2.50. The van der Waals surface area contributed by atoms with Crippen LogP contribution in [0.5, 0.6) is 0 Å². The number of rotatable bonds is 2. The van der Waals surface area contributed by atoms with Crippen molar-refractivity contribution in [3.8, 4) is 0 Å². The number of nitrogens with zero attached hydrogens (tertiary/aromatic N) is 4. The molecule has 1 aromatic heterocycles. The molecule has 0 N–H and O–H groups in total. The minimum Gasteiger partial charge on any atom is -0.375 e. The molecule has 4 atom stereocenters. The van der Waals surface area contributed by atoms with Crippen molar-refractivity contribution >= 4 is 11.6 Å². The first-order chi connectivity index (χ1) is 10.6. The van der Waals surface area contributed by atoms with E-state index in [4.69, 9.17) is 9.47 Å². The van der Waals surface area contributed by atoms with Crippen LogP contribution in [0.2, 0.25) is 0 Å². The van der Waals surface area contributed by atoms with Crippen molar-refractivity contribution in [1.82, 2.24) is 9.97 Å². The van der Waals surface area contributed by atoms with E-state index in [2.05, 4.69) is 53.5 Å². The van der Waals surface area contributed by atoms with Crippen molar-refractivity contribution in [3.05, 3.63) is 12.4 Å². The monoisotopic (exact) mass is 306 g/mol. The van der Waals surface area contributed by atoms with Gasteiger partial charge >= 0.3 is 0 Å². The van der Waals surface area contributed by atoms with Gasteiger partial charge in [0.25, 0.3) is 0 Å². The summed E-state index contributed by atoms with van der Waals surface area (Å²) in [7, 11) is 0. The smallest absolute Gasteiger partial charge is 0.134 e. The Morgan fingerprint density at radius 3 is 1.77 bits per heavy atom. The van der Waals surface area contributed by atoms with Crippen molar-refractivity contribution in [2.24, 2.45) is 0 Å². The van der Waals surface area contributed by atoms with Crippen LogP contribution < -0.4 is 9.80 Å². The van der Waals surface area contributed by atoms with Crippen molar-refractivity contribution in [3.63, 3.8) is 0 Å². The molecular weight excluding hydrogens is 280 g/mol. The van der Waals surface area contributed by atoms with Gasteiger partial charge in [-0.2, -0.15) is 0 Å². The molecular formula is C16H26N4O2. The summed E-state index contributed by atoms with van der Waals surface area (Å²) in [6.45, 7) is 11.8. The Kier molecular flexibility index (Phi) is 4.49. The maximum atomic E-state index is 5.71. The Bertz CT molecular complexity index is 471. The van der Waals surface area contributed by atoms with Crippen LogP contribution in [0.1, 0.15) is 27.7 Å². The van der Waals surface area contributed by atoms with Crippen LogP contribution in [-0.4, -0.2) is 60.6 Å². The molecule has 1 aromatic rings. The first-order valence-corrected chi connectivity index (χ1v) is 8.16. The normalized spacial score (nSPS) is 33.1. The Morgan fingerprint density at radius 2 is 1.32 bits per heavy atom. The van der Waals surface area contributed by atoms with E-state index in [9.17, 15) is 0 Å². The maximum Gasteiger partial charge on any atom is 0.134 e. The first-order valence-electron chi connectivity index (χ1n) is 8.16. The highest BCUT2D eigenvalue weighted by Crippen LogP contribution is 2.26. The van der Waals surface area contributed by atoms with E-state index >= 15 is 0 Å². The summed E-state index contributed by atoms with van der Waals surface area (Å²) in [5.41, 5.74) is 0. The molecule has 2 fully saturated rings. The van der Waals surface area contributed by atoms with Gasteiger partial charge in [-0.05, 0) is 27.7 Å². The molecule has 0 spiro atoms. The van der Waals surface area contributed by atoms with Crippen molar-refractivity contribution < 1.29 is 9.47 Å². The summed E-state index contributed by atoms with van der Waals surface area (Å²) >= 11 is 0. The maximum absolute atomic E-state index is 5.71. The zero-order chi connectivity index (χ0) is 15.7. The molecule has 3 rings (SSSR count). The Morgan fingerprint density at radius 1 is 0.864 bits per heavy atom. The molecule has 122 valence electrons. The van der Waals surface area contributed by atoms with Gasteiger partial charge in [-0.3, -0.25) is 0 Å². The van der Waals surface area contributed by atoms with Gasteiger partial charge in [0.2, 0.25) is 0 Å². The van der Waals surface area contributed by atoms with Gasteiger partial charge in [-0.25, -0.2) is 9.97 Å². The first kappa shape index (κ1) is 15.5. The van der Waals surface area contributed by atoms with Gasteiger partial charge in [0.1, 0.15) is 18.0 Å². The zero-order valence-corrected chi connectivity index (χ0v) is 13.9. The van der Waals surface area contributed by atoms with E-state index in [1.807, 2.05) is 0 Å². The number of hydrogen-bond acceptors (Lipinski definition) is 6. The number of ether oxygens (including phenoxy) is 2. The van der Waals surface area contributed by atoms with Crippen LogP contribution in [0.25, 0.3) is 0 Å². The van der Waals surface area contributed by atoms with Crippen LogP contribution in [0, 0.1) is 0 Å². The predicted molar refractivity (Wildman–Crippen MR) is 86.5 cm³/mol. The van der Waals surface area contributed by atoms with Gasteiger partial charge in [0.05, 0.1) is 37.5 Å². The third kappa shape index (κ3) is 2.90. The summed E-state index contributed by atoms with van der Waals surface area (Å²) in [6.07, 6.45) is 2.11. The molecule has 22 heavy (non-hydrogen) atoms. The SMILES string of the molecule is C[C@@H]1OCCN(c2cc(N3CCO[C@@H](C)[C@@H]3C)ncn2)[C@@H]1C. The predicted octanol–water partition coefficient (Wildman–Crippen LogP) is 1.70. The Labute approximate surface area is 132 Å². The number of morpholine rings is 2. The van der Waals surface area contributed by atoms with Gasteiger partial charge in [0.15, 0.2) is 0 Å². The fourth-order valence-electron chi connectivity index (χ4n) is 3.16. The van der Waals surface area contributed by atoms with E-state index in [1.54, 1.807) is 6.33 Å². The number of aromatic nitrogens is 2. The fraction of sp³-hybridized carbons (Fsp3) is 0.750. The summed E-state index contributed by atoms with van der Waals surface area (Å²) in [4.78, 5) is 13.6. The highest BCUT2D eigenvalue weighted by atomic mass is 16.5. The minimum absolute atomic E-state index is 0.217. The lowest BCUT2D eigenvalue weighted by Gasteiger charge is -2.40. The fourth-order valence-corrected chi connectivity index (χ4v) is 3.16. The molecule has 3 heterocycles. The van der Waals surface area contributed by atoms with Crippen LogP contribution in [0.15, 0.2) is 12.4 Å². The summed E-state index contributed by atoms with van der Waals surface area (Å²) in [6, 6.07) is 2.73. The van der Waals surface area contributed by atoms with Gasteiger partial charge in [-0.1, -0.05) is 0 Å². The molecule has 0 amide bonds. The Balaban J connectivity index is 1.83. The van der Waals surface area contributed by atoms with Crippen molar-refractivity contribution in [2.45, 2.75) is 52.0 Å². The second-order valence-corrected chi connectivity index (χ2v) is 6.25. The van der Waals surface area contributed by atoms with E-state index in [0.29, 0.717) is 12.1 Å². The van der Waals surface area contributed by atoms with Gasteiger partial charge in [0, 0.05) is 19.2 Å². The van der Waals surface area contributed by atoms with E-state index in [1.165, 1.54) is 0 Å².